The van der Waals surface area contributed by atoms with E-state index >= 15 is 0 Å². The standard InChI is InChI=1S/C20H26N8O2/c1-11(2)28(20(29)30)13-4-3-7-27(10-13)17-9-15(23-19(22)24-17)12-5-6-14-16(8-12)25-26-18(14)21/h5-6,8-9,11,13H,3-4,7,10H2,1-2H3,(H,29,30)(H3,21,25,26)(H2,22,23,24)/t13-/m1/s1. The van der Waals surface area contributed by atoms with E-state index in [1.807, 2.05) is 38.1 Å². The Bertz CT molecular complexity index is 1080. The Morgan fingerprint density at radius 2 is 2.10 bits per heavy atom. The van der Waals surface area contributed by atoms with E-state index in [9.17, 15) is 9.90 Å². The van der Waals surface area contributed by atoms with Crippen molar-refractivity contribution < 1.29 is 9.90 Å². The van der Waals surface area contributed by atoms with Gasteiger partial charge in [-0.2, -0.15) is 10.1 Å². The summed E-state index contributed by atoms with van der Waals surface area (Å²) in [6.45, 7) is 5.14. The summed E-state index contributed by atoms with van der Waals surface area (Å²) in [7, 11) is 0. The Balaban J connectivity index is 1.64. The molecule has 3 heterocycles. The number of nitrogens with two attached hydrogens (primary N) is 2. The third kappa shape index (κ3) is 3.68. The van der Waals surface area contributed by atoms with Crippen molar-refractivity contribution in [3.63, 3.8) is 0 Å². The lowest BCUT2D eigenvalue weighted by atomic mass is 10.0. The van der Waals surface area contributed by atoms with Gasteiger partial charge in [0.15, 0.2) is 5.82 Å². The number of nitrogen functional groups attached to an aromatic ring is 2. The number of fused-ring (bicyclic) bond motifs is 1. The predicted molar refractivity (Wildman–Crippen MR) is 116 cm³/mol. The zero-order valence-corrected chi connectivity index (χ0v) is 17.0. The first-order valence-electron chi connectivity index (χ1n) is 9.98. The number of nitrogens with one attached hydrogen (secondary N) is 1. The van der Waals surface area contributed by atoms with Crippen LogP contribution in [-0.4, -0.2) is 61.4 Å². The number of rotatable bonds is 4. The molecule has 1 amide bonds. The molecular formula is C20H26N8O2. The molecular weight excluding hydrogens is 384 g/mol. The predicted octanol–water partition coefficient (Wildman–Crippen LogP) is 2.54. The largest absolute Gasteiger partial charge is 0.465 e. The Labute approximate surface area is 173 Å². The maximum atomic E-state index is 11.7. The molecule has 4 rings (SSSR count). The number of amides is 1. The molecule has 0 unspecified atom stereocenters. The molecule has 3 aromatic rings. The molecule has 2 aromatic heterocycles. The average Bonchev–Trinajstić information content (AvgIpc) is 3.07. The van der Waals surface area contributed by atoms with E-state index in [2.05, 4.69) is 25.1 Å². The van der Waals surface area contributed by atoms with Crippen LogP contribution in [0.3, 0.4) is 0 Å². The average molecular weight is 410 g/mol. The molecule has 30 heavy (non-hydrogen) atoms. The first-order chi connectivity index (χ1) is 14.3. The highest BCUT2D eigenvalue weighted by atomic mass is 16.4. The van der Waals surface area contributed by atoms with Crippen LogP contribution in [0.1, 0.15) is 26.7 Å². The van der Waals surface area contributed by atoms with Crippen molar-refractivity contribution in [3.8, 4) is 11.3 Å². The highest BCUT2D eigenvalue weighted by Crippen LogP contribution is 2.29. The van der Waals surface area contributed by atoms with Crippen molar-refractivity contribution in [3.05, 3.63) is 24.3 Å². The van der Waals surface area contributed by atoms with Crippen LogP contribution < -0.4 is 16.4 Å². The lowest BCUT2D eigenvalue weighted by molar-refractivity contribution is 0.101. The summed E-state index contributed by atoms with van der Waals surface area (Å²) in [4.78, 5) is 24.1. The minimum Gasteiger partial charge on any atom is -0.465 e. The van der Waals surface area contributed by atoms with Gasteiger partial charge in [0, 0.05) is 36.1 Å². The molecule has 0 aliphatic carbocycles. The Kier molecular flexibility index (Phi) is 5.06. The number of carbonyl (C=O) groups is 1. The molecule has 0 bridgehead atoms. The van der Waals surface area contributed by atoms with E-state index in [0.29, 0.717) is 23.9 Å². The first-order valence-corrected chi connectivity index (χ1v) is 9.98. The SMILES string of the molecule is CC(C)N(C(=O)O)[C@@H]1CCCN(c2cc(-c3ccc4c(N)n[nH]c4c3)nc(N)n2)C1. The second-order valence-electron chi connectivity index (χ2n) is 7.86. The molecule has 1 saturated heterocycles. The number of piperidine rings is 1. The van der Waals surface area contributed by atoms with E-state index in [4.69, 9.17) is 11.5 Å². The molecule has 1 fully saturated rings. The van der Waals surface area contributed by atoms with Crippen LogP contribution in [0.25, 0.3) is 22.2 Å². The monoisotopic (exact) mass is 410 g/mol. The van der Waals surface area contributed by atoms with Gasteiger partial charge in [-0.3, -0.25) is 5.10 Å². The van der Waals surface area contributed by atoms with Crippen LogP contribution in [-0.2, 0) is 0 Å². The highest BCUT2D eigenvalue weighted by molar-refractivity contribution is 5.91. The van der Waals surface area contributed by atoms with Crippen molar-refractivity contribution in [2.45, 2.75) is 38.8 Å². The van der Waals surface area contributed by atoms with Gasteiger partial charge >= 0.3 is 6.09 Å². The topological polar surface area (TPSA) is 150 Å². The number of hydrogen-bond acceptors (Lipinski definition) is 7. The van der Waals surface area contributed by atoms with Gasteiger partial charge in [-0.05, 0) is 38.8 Å². The summed E-state index contributed by atoms with van der Waals surface area (Å²) < 4.78 is 0. The zero-order chi connectivity index (χ0) is 21.4. The molecule has 158 valence electrons. The lowest BCUT2D eigenvalue weighted by Crippen LogP contribution is -2.52. The van der Waals surface area contributed by atoms with E-state index in [1.165, 1.54) is 4.90 Å². The lowest BCUT2D eigenvalue weighted by Gasteiger charge is -2.40. The van der Waals surface area contributed by atoms with Crippen LogP contribution >= 0.6 is 0 Å². The molecule has 6 N–H and O–H groups in total. The second kappa shape index (κ2) is 7.69. The molecule has 1 atom stereocenters. The van der Waals surface area contributed by atoms with E-state index < -0.39 is 6.09 Å². The van der Waals surface area contributed by atoms with Gasteiger partial charge in [0.05, 0.1) is 17.3 Å². The molecule has 10 heteroatoms. The van der Waals surface area contributed by atoms with Gasteiger partial charge in [0.25, 0.3) is 0 Å². The number of hydrogen-bond donors (Lipinski definition) is 4. The zero-order valence-electron chi connectivity index (χ0n) is 17.0. The number of aromatic nitrogens is 4. The molecule has 1 aromatic carbocycles. The summed E-state index contributed by atoms with van der Waals surface area (Å²) in [5.41, 5.74) is 14.2. The molecule has 1 aliphatic rings. The molecule has 10 nitrogen and oxygen atoms in total. The quantitative estimate of drug-likeness (QED) is 0.512. The number of H-pyrrole nitrogens is 1. The highest BCUT2D eigenvalue weighted by Gasteiger charge is 2.31. The summed E-state index contributed by atoms with van der Waals surface area (Å²) in [5, 5.41) is 17.4. The van der Waals surface area contributed by atoms with Gasteiger partial charge in [-0.1, -0.05) is 6.07 Å². The second-order valence-corrected chi connectivity index (χ2v) is 7.86. The van der Waals surface area contributed by atoms with Crippen LogP contribution in [0.2, 0.25) is 0 Å². The van der Waals surface area contributed by atoms with Gasteiger partial charge < -0.3 is 26.4 Å². The number of anilines is 3. The van der Waals surface area contributed by atoms with Gasteiger partial charge in [0.2, 0.25) is 5.95 Å². The van der Waals surface area contributed by atoms with Gasteiger partial charge in [-0.15, -0.1) is 0 Å². The number of carboxylic acid groups (broad SMARTS) is 1. The minimum atomic E-state index is -0.896. The fourth-order valence-corrected chi connectivity index (χ4v) is 4.15. The van der Waals surface area contributed by atoms with E-state index in [0.717, 1.165) is 35.9 Å². The van der Waals surface area contributed by atoms with Crippen molar-refractivity contribution in [2.24, 2.45) is 0 Å². The molecule has 0 spiro atoms. The summed E-state index contributed by atoms with van der Waals surface area (Å²) in [6, 6.07) is 7.44. The van der Waals surface area contributed by atoms with Crippen molar-refractivity contribution in [1.29, 1.82) is 0 Å². The van der Waals surface area contributed by atoms with Crippen molar-refractivity contribution >= 4 is 34.6 Å². The number of aromatic amines is 1. The Hall–Kier alpha value is -3.56. The summed E-state index contributed by atoms with van der Waals surface area (Å²) in [6.07, 6.45) is 0.804. The molecule has 0 saturated carbocycles. The number of benzene rings is 1. The third-order valence-electron chi connectivity index (χ3n) is 5.51. The van der Waals surface area contributed by atoms with Gasteiger partial charge in [-0.25, -0.2) is 9.78 Å². The normalized spacial score (nSPS) is 16.9. The van der Waals surface area contributed by atoms with Crippen LogP contribution in [0, 0.1) is 0 Å². The van der Waals surface area contributed by atoms with E-state index in [-0.39, 0.29) is 18.0 Å². The fourth-order valence-electron chi connectivity index (χ4n) is 4.15. The maximum absolute atomic E-state index is 11.7. The summed E-state index contributed by atoms with van der Waals surface area (Å²) >= 11 is 0. The van der Waals surface area contributed by atoms with Crippen LogP contribution in [0.5, 0.6) is 0 Å². The van der Waals surface area contributed by atoms with Crippen LogP contribution in [0.15, 0.2) is 24.3 Å². The summed E-state index contributed by atoms with van der Waals surface area (Å²) in [5.74, 6) is 1.32. The fraction of sp³-hybridized carbons (Fsp3) is 0.400. The van der Waals surface area contributed by atoms with Crippen molar-refractivity contribution in [2.75, 3.05) is 29.5 Å². The maximum Gasteiger partial charge on any atom is 0.407 e. The molecule has 1 aliphatic heterocycles. The first kappa shape index (κ1) is 19.7. The smallest absolute Gasteiger partial charge is 0.407 e. The third-order valence-corrected chi connectivity index (χ3v) is 5.51. The Morgan fingerprint density at radius 3 is 2.83 bits per heavy atom. The van der Waals surface area contributed by atoms with E-state index in [1.54, 1.807) is 0 Å². The van der Waals surface area contributed by atoms with Crippen LogP contribution in [0.4, 0.5) is 22.4 Å². The minimum absolute atomic E-state index is 0.0907. The Morgan fingerprint density at radius 1 is 1.30 bits per heavy atom. The van der Waals surface area contributed by atoms with Gasteiger partial charge in [0.1, 0.15) is 5.82 Å². The van der Waals surface area contributed by atoms with Crippen molar-refractivity contribution in [1.82, 2.24) is 25.1 Å². The number of nitrogens with zero attached hydrogens (tertiary/aromatic N) is 5. The molecule has 0 radical (unpaired) electrons.